The largest absolute Gasteiger partial charge is 0.479 e. The number of aliphatic carboxylic acids is 1. The summed E-state index contributed by atoms with van der Waals surface area (Å²) in [5.74, 6) is -4.23. The number of ketones is 1. The summed E-state index contributed by atoms with van der Waals surface area (Å²) in [7, 11) is 0. The highest BCUT2D eigenvalue weighted by Gasteiger charge is 2.40. The summed E-state index contributed by atoms with van der Waals surface area (Å²) >= 11 is 0. The minimum Gasteiger partial charge on any atom is -0.479 e. The molecule has 92 valence electrons. The van der Waals surface area contributed by atoms with Gasteiger partial charge in [-0.1, -0.05) is 19.1 Å². The van der Waals surface area contributed by atoms with Crippen molar-refractivity contribution in [1.29, 1.82) is 0 Å². The maximum Gasteiger partial charge on any atom is 0.339 e. The average molecular weight is 240 g/mol. The number of hydrogen-bond donors (Lipinski definition) is 3. The predicted molar refractivity (Wildman–Crippen MR) is 58.6 cm³/mol. The van der Waals surface area contributed by atoms with Crippen LogP contribution in [0.25, 0.3) is 0 Å². The van der Waals surface area contributed by atoms with Crippen LogP contribution in [0.3, 0.4) is 0 Å². The number of carbonyl (C=O) groups is 2. The van der Waals surface area contributed by atoms with Crippen LogP contribution in [0.2, 0.25) is 0 Å². The molecule has 0 bridgehead atoms. The van der Waals surface area contributed by atoms with Gasteiger partial charge in [-0.2, -0.15) is 0 Å². The third kappa shape index (κ3) is 2.48. The molecule has 0 aromatic heterocycles. The van der Waals surface area contributed by atoms with Crippen molar-refractivity contribution < 1.29 is 19.1 Å². The van der Waals surface area contributed by atoms with E-state index in [9.17, 15) is 14.0 Å². The number of halogens is 1. The fraction of sp³-hybridized carbons (Fsp3) is 0.273. The highest BCUT2D eigenvalue weighted by molar-refractivity contribution is 6.01. The van der Waals surface area contributed by atoms with Crippen molar-refractivity contribution in [2.75, 3.05) is 0 Å². The lowest BCUT2D eigenvalue weighted by molar-refractivity contribution is -0.144. The summed E-state index contributed by atoms with van der Waals surface area (Å²) in [5.41, 5.74) is 8.21. The van der Waals surface area contributed by atoms with E-state index < -0.39 is 29.2 Å². The van der Waals surface area contributed by atoms with Crippen molar-refractivity contribution in [3.63, 3.8) is 0 Å². The molecule has 5 nitrogen and oxygen atoms in total. The smallest absolute Gasteiger partial charge is 0.339 e. The van der Waals surface area contributed by atoms with Gasteiger partial charge in [-0.25, -0.2) is 9.18 Å². The van der Waals surface area contributed by atoms with Crippen LogP contribution in [0.5, 0.6) is 0 Å². The van der Waals surface area contributed by atoms with Gasteiger partial charge >= 0.3 is 5.97 Å². The standard InChI is InChI=1S/C11H13FN2O3/c1-6(11(13,14)10(16)17)9(15)7-4-2-3-5-8(7)12/h2-6H,13-14H2,1H3,(H,16,17). The second kappa shape index (κ2) is 4.60. The van der Waals surface area contributed by atoms with E-state index in [4.69, 9.17) is 16.6 Å². The van der Waals surface area contributed by atoms with Crippen LogP contribution < -0.4 is 11.5 Å². The summed E-state index contributed by atoms with van der Waals surface area (Å²) in [6, 6.07) is 5.26. The van der Waals surface area contributed by atoms with Crippen molar-refractivity contribution in [3.05, 3.63) is 35.6 Å². The molecule has 1 unspecified atom stereocenters. The van der Waals surface area contributed by atoms with Crippen LogP contribution in [-0.4, -0.2) is 22.5 Å². The van der Waals surface area contributed by atoms with E-state index in [1.54, 1.807) is 0 Å². The van der Waals surface area contributed by atoms with Crippen LogP contribution in [-0.2, 0) is 4.79 Å². The number of hydrogen-bond acceptors (Lipinski definition) is 4. The van der Waals surface area contributed by atoms with Gasteiger partial charge in [0.1, 0.15) is 5.82 Å². The number of carbonyl (C=O) groups excluding carboxylic acids is 1. The van der Waals surface area contributed by atoms with E-state index >= 15 is 0 Å². The number of Topliss-reactive ketones (excluding diaryl/α,β-unsaturated/α-hetero) is 1. The molecule has 0 aliphatic heterocycles. The van der Waals surface area contributed by atoms with Crippen molar-refractivity contribution in [3.8, 4) is 0 Å². The Labute approximate surface area is 97.2 Å². The normalized spacial score (nSPS) is 13.2. The molecule has 1 atom stereocenters. The molecular weight excluding hydrogens is 227 g/mol. The van der Waals surface area contributed by atoms with Crippen molar-refractivity contribution in [2.45, 2.75) is 12.6 Å². The van der Waals surface area contributed by atoms with E-state index in [1.807, 2.05) is 0 Å². The lowest BCUT2D eigenvalue weighted by atomic mass is 9.88. The van der Waals surface area contributed by atoms with E-state index in [2.05, 4.69) is 0 Å². The second-order valence-electron chi connectivity index (χ2n) is 3.80. The Hall–Kier alpha value is -1.79. The third-order valence-electron chi connectivity index (χ3n) is 2.62. The van der Waals surface area contributed by atoms with Crippen molar-refractivity contribution >= 4 is 11.8 Å². The number of carboxylic acid groups (broad SMARTS) is 1. The van der Waals surface area contributed by atoms with Crippen molar-refractivity contribution in [1.82, 2.24) is 0 Å². The molecule has 1 rings (SSSR count). The van der Waals surface area contributed by atoms with Gasteiger partial charge < -0.3 is 16.6 Å². The lowest BCUT2D eigenvalue weighted by Crippen LogP contribution is -2.63. The Morgan fingerprint density at radius 2 is 1.88 bits per heavy atom. The molecule has 0 radical (unpaired) electrons. The molecule has 0 saturated heterocycles. The molecule has 0 fully saturated rings. The van der Waals surface area contributed by atoms with Crippen LogP contribution >= 0.6 is 0 Å². The first-order chi connectivity index (χ1) is 7.78. The average Bonchev–Trinajstić information content (AvgIpc) is 2.27. The van der Waals surface area contributed by atoms with Gasteiger partial charge in [0.15, 0.2) is 11.4 Å². The summed E-state index contributed by atoms with van der Waals surface area (Å²) in [6.07, 6.45) is 0. The van der Waals surface area contributed by atoms with E-state index in [1.165, 1.54) is 25.1 Å². The number of benzene rings is 1. The molecule has 1 aromatic carbocycles. The Morgan fingerprint density at radius 3 is 2.35 bits per heavy atom. The molecule has 17 heavy (non-hydrogen) atoms. The lowest BCUT2D eigenvalue weighted by Gasteiger charge is -2.25. The van der Waals surface area contributed by atoms with Gasteiger partial charge in [0.25, 0.3) is 0 Å². The van der Waals surface area contributed by atoms with Crippen LogP contribution in [0.4, 0.5) is 4.39 Å². The molecule has 6 heteroatoms. The fourth-order valence-electron chi connectivity index (χ4n) is 1.30. The molecule has 0 aliphatic carbocycles. The maximum atomic E-state index is 13.3. The molecule has 1 aromatic rings. The Bertz CT molecular complexity index is 460. The molecule has 5 N–H and O–H groups in total. The van der Waals surface area contributed by atoms with Crippen LogP contribution in [0, 0.1) is 11.7 Å². The zero-order valence-corrected chi connectivity index (χ0v) is 9.18. The third-order valence-corrected chi connectivity index (χ3v) is 2.62. The monoisotopic (exact) mass is 240 g/mol. The topological polar surface area (TPSA) is 106 Å². The number of rotatable bonds is 4. The quantitative estimate of drug-likeness (QED) is 0.519. The highest BCUT2D eigenvalue weighted by atomic mass is 19.1. The van der Waals surface area contributed by atoms with Crippen LogP contribution in [0.15, 0.2) is 24.3 Å². The van der Waals surface area contributed by atoms with Gasteiger partial charge in [0.2, 0.25) is 0 Å². The van der Waals surface area contributed by atoms with Gasteiger partial charge in [-0.05, 0) is 12.1 Å². The number of nitrogens with two attached hydrogens (primary N) is 2. The van der Waals surface area contributed by atoms with E-state index in [-0.39, 0.29) is 5.56 Å². The molecule has 0 amide bonds. The first-order valence-electron chi connectivity index (χ1n) is 4.88. The first kappa shape index (κ1) is 13.3. The Balaban J connectivity index is 3.07. The first-order valence-corrected chi connectivity index (χ1v) is 4.88. The molecule has 0 aliphatic rings. The highest BCUT2D eigenvalue weighted by Crippen LogP contribution is 2.18. The SMILES string of the molecule is CC(C(=O)c1ccccc1F)C(N)(N)C(=O)O. The molecule has 0 heterocycles. The molecule has 0 spiro atoms. The Morgan fingerprint density at radius 1 is 1.35 bits per heavy atom. The molecule has 0 saturated carbocycles. The minimum absolute atomic E-state index is 0.221. The summed E-state index contributed by atoms with van der Waals surface area (Å²) in [6.45, 7) is 1.25. The minimum atomic E-state index is -2.22. The van der Waals surface area contributed by atoms with Gasteiger partial charge in [-0.15, -0.1) is 0 Å². The number of carboxylic acids is 1. The maximum absolute atomic E-state index is 13.3. The van der Waals surface area contributed by atoms with Crippen LogP contribution in [0.1, 0.15) is 17.3 Å². The second-order valence-corrected chi connectivity index (χ2v) is 3.80. The summed E-state index contributed by atoms with van der Waals surface area (Å²) < 4.78 is 13.3. The summed E-state index contributed by atoms with van der Waals surface area (Å²) in [5, 5.41) is 8.78. The zero-order valence-electron chi connectivity index (χ0n) is 9.18. The van der Waals surface area contributed by atoms with E-state index in [0.717, 1.165) is 6.07 Å². The van der Waals surface area contributed by atoms with Gasteiger partial charge in [-0.3, -0.25) is 4.79 Å². The molecular formula is C11H13FN2O3. The van der Waals surface area contributed by atoms with Crippen molar-refractivity contribution in [2.24, 2.45) is 17.4 Å². The Kier molecular flexibility index (Phi) is 3.59. The van der Waals surface area contributed by atoms with Gasteiger partial charge in [0, 0.05) is 0 Å². The fourth-order valence-corrected chi connectivity index (χ4v) is 1.30. The van der Waals surface area contributed by atoms with Gasteiger partial charge in [0.05, 0.1) is 11.5 Å². The predicted octanol–water partition coefficient (Wildman–Crippen LogP) is 0.343. The zero-order chi connectivity index (χ0) is 13.2. The summed E-state index contributed by atoms with van der Waals surface area (Å²) in [4.78, 5) is 22.6. The van der Waals surface area contributed by atoms with E-state index in [0.29, 0.717) is 0 Å².